The Morgan fingerprint density at radius 3 is 2.79 bits per heavy atom. The molecule has 0 atom stereocenters. The second-order valence-corrected chi connectivity index (χ2v) is 5.09. The smallest absolute Gasteiger partial charge is 0.251 e. The minimum Gasteiger partial charge on any atom is -0.352 e. The fourth-order valence-electron chi connectivity index (χ4n) is 1.73. The Labute approximate surface area is 116 Å². The van der Waals surface area contributed by atoms with Gasteiger partial charge in [-0.15, -0.1) is 0 Å². The summed E-state index contributed by atoms with van der Waals surface area (Å²) < 4.78 is 0. The molecule has 4 nitrogen and oxygen atoms in total. The molecule has 4 heteroatoms. The van der Waals surface area contributed by atoms with Crippen molar-refractivity contribution in [2.45, 2.75) is 32.9 Å². The van der Waals surface area contributed by atoms with E-state index in [2.05, 4.69) is 31.1 Å². The van der Waals surface area contributed by atoms with Crippen molar-refractivity contribution in [3.63, 3.8) is 0 Å². The number of rotatable bonds is 7. The summed E-state index contributed by atoms with van der Waals surface area (Å²) >= 11 is 0. The van der Waals surface area contributed by atoms with E-state index in [1.807, 2.05) is 24.3 Å². The molecule has 0 fully saturated rings. The Hall–Kier alpha value is -1.39. The molecule has 0 saturated heterocycles. The number of nitrogens with one attached hydrogen (secondary N) is 1. The monoisotopic (exact) mass is 263 g/mol. The Kier molecular flexibility index (Phi) is 6.53. The molecule has 1 aromatic carbocycles. The van der Waals surface area contributed by atoms with Crippen molar-refractivity contribution in [3.05, 3.63) is 35.4 Å². The first-order valence-corrected chi connectivity index (χ1v) is 6.82. The van der Waals surface area contributed by atoms with Crippen LogP contribution in [0.25, 0.3) is 0 Å². The highest BCUT2D eigenvalue weighted by molar-refractivity contribution is 5.94. The summed E-state index contributed by atoms with van der Waals surface area (Å²) in [6, 6.07) is 7.99. The lowest BCUT2D eigenvalue weighted by molar-refractivity contribution is 0.0951. The Bertz CT molecular complexity index is 404. The number of hydrogen-bond acceptors (Lipinski definition) is 3. The number of benzene rings is 1. The highest BCUT2D eigenvalue weighted by atomic mass is 16.1. The van der Waals surface area contributed by atoms with E-state index in [0.717, 1.165) is 18.5 Å². The third kappa shape index (κ3) is 5.41. The van der Waals surface area contributed by atoms with Crippen LogP contribution in [0.2, 0.25) is 0 Å². The second-order valence-electron chi connectivity index (χ2n) is 5.09. The highest BCUT2D eigenvalue weighted by Gasteiger charge is 2.06. The van der Waals surface area contributed by atoms with E-state index >= 15 is 0 Å². The number of nitrogens with two attached hydrogens (primary N) is 1. The average molecular weight is 263 g/mol. The van der Waals surface area contributed by atoms with Crippen molar-refractivity contribution >= 4 is 5.91 Å². The van der Waals surface area contributed by atoms with Gasteiger partial charge in [0, 0.05) is 24.7 Å². The van der Waals surface area contributed by atoms with Crippen molar-refractivity contribution in [2.24, 2.45) is 5.73 Å². The van der Waals surface area contributed by atoms with Gasteiger partial charge in [0.05, 0.1) is 0 Å². The standard InChI is InChI=1S/C15H25N3O/c1-12(2)18(3)9-5-8-17-15(19)14-7-4-6-13(10-14)11-16/h4,6-7,10,12H,5,8-9,11,16H2,1-3H3,(H,17,19). The molecule has 1 rings (SSSR count). The van der Waals surface area contributed by atoms with Gasteiger partial charge in [0.1, 0.15) is 0 Å². The van der Waals surface area contributed by atoms with Gasteiger partial charge in [-0.2, -0.15) is 0 Å². The van der Waals surface area contributed by atoms with Crippen LogP contribution in [0.5, 0.6) is 0 Å². The van der Waals surface area contributed by atoms with Gasteiger partial charge in [-0.3, -0.25) is 4.79 Å². The van der Waals surface area contributed by atoms with Gasteiger partial charge in [-0.1, -0.05) is 12.1 Å². The Morgan fingerprint density at radius 1 is 1.42 bits per heavy atom. The van der Waals surface area contributed by atoms with Gasteiger partial charge >= 0.3 is 0 Å². The molecule has 1 amide bonds. The summed E-state index contributed by atoms with van der Waals surface area (Å²) in [5.74, 6) is -0.0255. The Morgan fingerprint density at radius 2 is 2.16 bits per heavy atom. The van der Waals surface area contributed by atoms with E-state index in [1.54, 1.807) is 0 Å². The first-order valence-electron chi connectivity index (χ1n) is 6.82. The fourth-order valence-corrected chi connectivity index (χ4v) is 1.73. The lowest BCUT2D eigenvalue weighted by Crippen LogP contribution is -2.31. The molecule has 0 saturated carbocycles. The van der Waals surface area contributed by atoms with E-state index in [-0.39, 0.29) is 5.91 Å². The largest absolute Gasteiger partial charge is 0.352 e. The number of carbonyl (C=O) groups is 1. The van der Waals surface area contributed by atoms with Crippen molar-refractivity contribution < 1.29 is 4.79 Å². The van der Waals surface area contributed by atoms with Gasteiger partial charge < -0.3 is 16.0 Å². The molecule has 0 heterocycles. The van der Waals surface area contributed by atoms with Gasteiger partial charge in [0.15, 0.2) is 0 Å². The van der Waals surface area contributed by atoms with E-state index < -0.39 is 0 Å². The quantitative estimate of drug-likeness (QED) is 0.735. The average Bonchev–Trinajstić information content (AvgIpc) is 2.42. The third-order valence-corrected chi connectivity index (χ3v) is 3.28. The molecular weight excluding hydrogens is 238 g/mol. The summed E-state index contributed by atoms with van der Waals surface area (Å²) in [4.78, 5) is 14.2. The molecular formula is C15H25N3O. The van der Waals surface area contributed by atoms with Crippen LogP contribution in [0, 0.1) is 0 Å². The molecule has 1 aromatic rings. The van der Waals surface area contributed by atoms with Crippen molar-refractivity contribution in [1.82, 2.24) is 10.2 Å². The molecule has 106 valence electrons. The fraction of sp³-hybridized carbons (Fsp3) is 0.533. The van der Waals surface area contributed by atoms with Crippen LogP contribution in [0.4, 0.5) is 0 Å². The highest BCUT2D eigenvalue weighted by Crippen LogP contribution is 2.04. The third-order valence-electron chi connectivity index (χ3n) is 3.28. The van der Waals surface area contributed by atoms with Crippen LogP contribution >= 0.6 is 0 Å². The van der Waals surface area contributed by atoms with Crippen molar-refractivity contribution in [3.8, 4) is 0 Å². The molecule has 0 bridgehead atoms. The summed E-state index contributed by atoms with van der Waals surface area (Å²) in [6.07, 6.45) is 0.955. The topological polar surface area (TPSA) is 58.4 Å². The summed E-state index contributed by atoms with van der Waals surface area (Å²) in [5.41, 5.74) is 7.22. The normalized spacial score (nSPS) is 11.1. The van der Waals surface area contributed by atoms with E-state index in [9.17, 15) is 4.79 Å². The maximum Gasteiger partial charge on any atom is 0.251 e. The lowest BCUT2D eigenvalue weighted by atomic mass is 10.1. The predicted molar refractivity (Wildman–Crippen MR) is 79.0 cm³/mol. The molecule has 3 N–H and O–H groups in total. The second kappa shape index (κ2) is 7.92. The minimum atomic E-state index is -0.0255. The molecule has 0 aliphatic heterocycles. The molecule has 0 unspecified atom stereocenters. The first kappa shape index (κ1) is 15.7. The minimum absolute atomic E-state index is 0.0255. The molecule has 0 spiro atoms. The molecule has 19 heavy (non-hydrogen) atoms. The lowest BCUT2D eigenvalue weighted by Gasteiger charge is -2.20. The molecule has 0 aliphatic rings. The van der Waals surface area contributed by atoms with Gasteiger partial charge in [-0.05, 0) is 51.6 Å². The van der Waals surface area contributed by atoms with E-state index in [1.165, 1.54) is 0 Å². The zero-order chi connectivity index (χ0) is 14.3. The van der Waals surface area contributed by atoms with Crippen molar-refractivity contribution in [2.75, 3.05) is 20.1 Å². The van der Waals surface area contributed by atoms with Crippen LogP contribution in [-0.4, -0.2) is 37.0 Å². The first-order chi connectivity index (χ1) is 9.04. The molecule has 0 aliphatic carbocycles. The SMILES string of the molecule is CC(C)N(C)CCCNC(=O)c1cccc(CN)c1. The van der Waals surface area contributed by atoms with Crippen LogP contribution in [0.1, 0.15) is 36.2 Å². The van der Waals surface area contributed by atoms with Crippen LogP contribution in [0.15, 0.2) is 24.3 Å². The summed E-state index contributed by atoms with van der Waals surface area (Å²) in [5, 5.41) is 2.94. The van der Waals surface area contributed by atoms with Crippen LogP contribution < -0.4 is 11.1 Å². The van der Waals surface area contributed by atoms with Crippen LogP contribution in [0.3, 0.4) is 0 Å². The zero-order valence-corrected chi connectivity index (χ0v) is 12.1. The maximum atomic E-state index is 11.9. The van der Waals surface area contributed by atoms with Gasteiger partial charge in [-0.25, -0.2) is 0 Å². The molecule has 0 aromatic heterocycles. The number of hydrogen-bond donors (Lipinski definition) is 2. The number of amides is 1. The summed E-state index contributed by atoms with van der Waals surface area (Å²) in [6.45, 7) is 6.47. The Balaban J connectivity index is 2.35. The van der Waals surface area contributed by atoms with Crippen molar-refractivity contribution in [1.29, 1.82) is 0 Å². The zero-order valence-electron chi connectivity index (χ0n) is 12.1. The predicted octanol–water partition coefficient (Wildman–Crippen LogP) is 1.61. The van der Waals surface area contributed by atoms with Gasteiger partial charge in [0.25, 0.3) is 5.91 Å². The molecule has 0 radical (unpaired) electrons. The maximum absolute atomic E-state index is 11.9. The van der Waals surface area contributed by atoms with Gasteiger partial charge in [0.2, 0.25) is 0 Å². The van der Waals surface area contributed by atoms with E-state index in [0.29, 0.717) is 24.7 Å². The van der Waals surface area contributed by atoms with Crippen LogP contribution in [-0.2, 0) is 6.54 Å². The number of carbonyl (C=O) groups excluding carboxylic acids is 1. The van der Waals surface area contributed by atoms with E-state index in [4.69, 9.17) is 5.73 Å². The number of nitrogens with zero attached hydrogens (tertiary/aromatic N) is 1. The summed E-state index contributed by atoms with van der Waals surface area (Å²) in [7, 11) is 2.09.